The minimum atomic E-state index is -1.20. The van der Waals surface area contributed by atoms with Crippen molar-refractivity contribution in [3.8, 4) is 0 Å². The van der Waals surface area contributed by atoms with E-state index in [1.807, 2.05) is 19.1 Å². The van der Waals surface area contributed by atoms with E-state index in [2.05, 4.69) is 5.32 Å². The lowest BCUT2D eigenvalue weighted by molar-refractivity contribution is 0.0278. The van der Waals surface area contributed by atoms with Gasteiger partial charge in [0.25, 0.3) is 0 Å². The van der Waals surface area contributed by atoms with E-state index >= 15 is 0 Å². The molecule has 1 aliphatic rings. The number of rotatable bonds is 3. The molecule has 3 rings (SSSR count). The normalized spacial score (nSPS) is 18.5. The van der Waals surface area contributed by atoms with E-state index in [1.54, 1.807) is 10.6 Å². The first-order valence-electron chi connectivity index (χ1n) is 7.34. The largest absolute Gasteiger partial charge is 0.477 e. The van der Waals surface area contributed by atoms with Crippen molar-refractivity contribution in [3.63, 3.8) is 0 Å². The van der Waals surface area contributed by atoms with Gasteiger partial charge in [0.2, 0.25) is 5.43 Å². The molecule has 116 valence electrons. The molecule has 6 nitrogen and oxygen atoms in total. The number of benzene rings is 1. The predicted octanol–water partition coefficient (Wildman–Crippen LogP) is 1.38. The molecule has 1 unspecified atom stereocenters. The van der Waals surface area contributed by atoms with Crippen LogP contribution in [0.1, 0.15) is 28.9 Å². The lowest BCUT2D eigenvalue weighted by Crippen LogP contribution is -2.33. The van der Waals surface area contributed by atoms with Gasteiger partial charge in [-0.3, -0.25) is 4.79 Å². The number of aromatic nitrogens is 1. The summed E-state index contributed by atoms with van der Waals surface area (Å²) < 4.78 is 7.48. The van der Waals surface area contributed by atoms with Gasteiger partial charge in [0.05, 0.1) is 18.2 Å². The quantitative estimate of drug-likeness (QED) is 0.895. The Morgan fingerprint density at radius 1 is 1.50 bits per heavy atom. The molecule has 2 N–H and O–H groups in total. The molecule has 0 radical (unpaired) electrons. The molecular weight excluding hydrogens is 284 g/mol. The molecule has 22 heavy (non-hydrogen) atoms. The van der Waals surface area contributed by atoms with Gasteiger partial charge >= 0.3 is 5.97 Å². The Bertz CT molecular complexity index is 776. The van der Waals surface area contributed by atoms with Crippen molar-refractivity contribution in [3.05, 3.63) is 45.7 Å². The maximum absolute atomic E-state index is 12.4. The fourth-order valence-electron chi connectivity index (χ4n) is 2.81. The Hall–Kier alpha value is -2.18. The van der Waals surface area contributed by atoms with Crippen LogP contribution in [0.2, 0.25) is 0 Å². The first kappa shape index (κ1) is 14.7. The first-order chi connectivity index (χ1) is 10.6. The third kappa shape index (κ3) is 2.51. The van der Waals surface area contributed by atoms with Gasteiger partial charge in [0, 0.05) is 31.2 Å². The van der Waals surface area contributed by atoms with Crippen LogP contribution in [0, 0.1) is 0 Å². The van der Waals surface area contributed by atoms with Crippen LogP contribution in [-0.4, -0.2) is 35.3 Å². The highest BCUT2D eigenvalue weighted by Gasteiger charge is 2.19. The molecule has 0 aliphatic carbocycles. The predicted molar refractivity (Wildman–Crippen MR) is 82.4 cm³/mol. The van der Waals surface area contributed by atoms with Gasteiger partial charge in [0.1, 0.15) is 5.56 Å². The number of aryl methyl sites for hydroxylation is 1. The van der Waals surface area contributed by atoms with Crippen LogP contribution in [0.5, 0.6) is 0 Å². The van der Waals surface area contributed by atoms with Gasteiger partial charge in [-0.25, -0.2) is 4.79 Å². The van der Waals surface area contributed by atoms with Crippen molar-refractivity contribution in [2.75, 3.05) is 19.7 Å². The molecule has 1 aliphatic heterocycles. The van der Waals surface area contributed by atoms with Gasteiger partial charge in [-0.05, 0) is 24.6 Å². The van der Waals surface area contributed by atoms with E-state index in [4.69, 9.17) is 4.74 Å². The van der Waals surface area contributed by atoms with Gasteiger partial charge in [-0.15, -0.1) is 0 Å². The van der Waals surface area contributed by atoms with Crippen LogP contribution in [0.3, 0.4) is 0 Å². The second-order valence-electron chi connectivity index (χ2n) is 5.30. The highest BCUT2D eigenvalue weighted by molar-refractivity contribution is 5.92. The maximum Gasteiger partial charge on any atom is 0.341 e. The minimum Gasteiger partial charge on any atom is -0.477 e. The Morgan fingerprint density at radius 2 is 2.32 bits per heavy atom. The Kier molecular flexibility index (Phi) is 3.96. The number of hydrogen-bond acceptors (Lipinski definition) is 4. The van der Waals surface area contributed by atoms with Crippen LogP contribution < -0.4 is 10.7 Å². The van der Waals surface area contributed by atoms with Crippen LogP contribution in [-0.2, 0) is 11.3 Å². The van der Waals surface area contributed by atoms with E-state index in [1.165, 1.54) is 6.20 Å². The molecule has 1 fully saturated rings. The standard InChI is InChI=1S/C16H18N2O4/c1-2-18-9-12(16(20)21)15(19)11-7-10(3-4-13(11)18)14-8-17-5-6-22-14/h3-4,7,9,14,17H,2,5-6,8H2,1H3,(H,20,21). The van der Waals surface area contributed by atoms with E-state index in [9.17, 15) is 14.7 Å². The molecule has 1 atom stereocenters. The fourth-order valence-corrected chi connectivity index (χ4v) is 2.81. The number of nitrogens with one attached hydrogen (secondary N) is 1. The van der Waals surface area contributed by atoms with Gasteiger partial charge in [-0.2, -0.15) is 0 Å². The molecule has 6 heteroatoms. The summed E-state index contributed by atoms with van der Waals surface area (Å²) in [5.41, 5.74) is 0.985. The number of aromatic carboxylic acids is 1. The zero-order valence-electron chi connectivity index (χ0n) is 12.3. The van der Waals surface area contributed by atoms with Crippen molar-refractivity contribution >= 4 is 16.9 Å². The van der Waals surface area contributed by atoms with Crippen LogP contribution in [0.15, 0.2) is 29.2 Å². The van der Waals surface area contributed by atoms with Crippen LogP contribution >= 0.6 is 0 Å². The number of ether oxygens (including phenoxy) is 1. The molecule has 1 aromatic carbocycles. The number of carboxylic acid groups (broad SMARTS) is 1. The highest BCUT2D eigenvalue weighted by Crippen LogP contribution is 2.22. The van der Waals surface area contributed by atoms with Crippen molar-refractivity contribution in [2.45, 2.75) is 19.6 Å². The van der Waals surface area contributed by atoms with E-state index < -0.39 is 11.4 Å². The van der Waals surface area contributed by atoms with Gasteiger partial charge in [-0.1, -0.05) is 6.07 Å². The fraction of sp³-hybridized carbons (Fsp3) is 0.375. The topological polar surface area (TPSA) is 80.6 Å². The molecule has 2 heterocycles. The number of carboxylic acids is 1. The summed E-state index contributed by atoms with van der Waals surface area (Å²) in [6.45, 7) is 4.63. The third-order valence-electron chi connectivity index (χ3n) is 3.97. The number of carbonyl (C=O) groups is 1. The van der Waals surface area contributed by atoms with Crippen LogP contribution in [0.4, 0.5) is 0 Å². The molecule has 2 aromatic rings. The zero-order chi connectivity index (χ0) is 15.7. The first-order valence-corrected chi connectivity index (χ1v) is 7.34. The maximum atomic E-state index is 12.4. The second-order valence-corrected chi connectivity index (χ2v) is 5.30. The lowest BCUT2D eigenvalue weighted by Gasteiger charge is -2.24. The summed E-state index contributed by atoms with van der Waals surface area (Å²) in [5.74, 6) is -1.20. The minimum absolute atomic E-state index is 0.110. The van der Waals surface area contributed by atoms with Gasteiger partial charge < -0.3 is 19.7 Å². The molecule has 1 saturated heterocycles. The molecule has 1 aromatic heterocycles. The Labute approximate surface area is 127 Å². The van der Waals surface area contributed by atoms with Crippen LogP contribution in [0.25, 0.3) is 10.9 Å². The third-order valence-corrected chi connectivity index (χ3v) is 3.97. The smallest absolute Gasteiger partial charge is 0.341 e. The van der Waals surface area contributed by atoms with Gasteiger partial charge in [0.15, 0.2) is 0 Å². The second kappa shape index (κ2) is 5.90. The monoisotopic (exact) mass is 302 g/mol. The van der Waals surface area contributed by atoms with E-state index in [-0.39, 0.29) is 11.7 Å². The zero-order valence-corrected chi connectivity index (χ0v) is 12.3. The summed E-state index contributed by atoms with van der Waals surface area (Å²) in [6.07, 6.45) is 1.30. The summed E-state index contributed by atoms with van der Waals surface area (Å²) in [6, 6.07) is 5.55. The summed E-state index contributed by atoms with van der Waals surface area (Å²) in [4.78, 5) is 23.7. The van der Waals surface area contributed by atoms with E-state index in [0.29, 0.717) is 25.1 Å². The van der Waals surface area contributed by atoms with Crippen molar-refractivity contribution in [2.24, 2.45) is 0 Å². The number of nitrogens with zero attached hydrogens (tertiary/aromatic N) is 1. The van der Waals surface area contributed by atoms with E-state index in [0.717, 1.165) is 17.6 Å². The Morgan fingerprint density at radius 3 is 2.95 bits per heavy atom. The van der Waals surface area contributed by atoms with Crippen molar-refractivity contribution < 1.29 is 14.6 Å². The molecule has 0 amide bonds. The average molecular weight is 302 g/mol. The Balaban J connectivity index is 2.19. The number of fused-ring (bicyclic) bond motifs is 1. The average Bonchev–Trinajstić information content (AvgIpc) is 2.55. The van der Waals surface area contributed by atoms with Crippen molar-refractivity contribution in [1.29, 1.82) is 0 Å². The lowest BCUT2D eigenvalue weighted by atomic mass is 10.0. The SMILES string of the molecule is CCn1cc(C(=O)O)c(=O)c2cc(C3CNCCO3)ccc21. The number of pyridine rings is 1. The summed E-state index contributed by atoms with van der Waals surface area (Å²) in [5, 5.41) is 12.9. The summed E-state index contributed by atoms with van der Waals surface area (Å²) in [7, 11) is 0. The molecule has 0 bridgehead atoms. The molecule has 0 spiro atoms. The van der Waals surface area contributed by atoms with Crippen molar-refractivity contribution in [1.82, 2.24) is 9.88 Å². The number of morpholine rings is 1. The molecular formula is C16H18N2O4. The summed E-state index contributed by atoms with van der Waals surface area (Å²) >= 11 is 0. The molecule has 0 saturated carbocycles. The number of hydrogen-bond donors (Lipinski definition) is 2. The highest BCUT2D eigenvalue weighted by atomic mass is 16.5.